The molecular weight excluding hydrogens is 690 g/mol. The van der Waals surface area contributed by atoms with Gasteiger partial charge >= 0.3 is 5.97 Å². The first-order valence-electron chi connectivity index (χ1n) is 18.1. The maximum atomic E-state index is 14.0. The zero-order valence-electron chi connectivity index (χ0n) is 30.6. The van der Waals surface area contributed by atoms with Crippen LogP contribution in [0, 0.1) is 6.92 Å². The van der Waals surface area contributed by atoms with E-state index in [-0.39, 0.29) is 28.6 Å². The Hall–Kier alpha value is -5.73. The topological polar surface area (TPSA) is 204 Å². The van der Waals surface area contributed by atoms with Gasteiger partial charge in [0.2, 0.25) is 0 Å². The fourth-order valence-electron chi connectivity index (χ4n) is 7.66. The number of phenolic OH excluding ortho intramolecular Hbond substituents is 1. The summed E-state index contributed by atoms with van der Waals surface area (Å²) in [5.41, 5.74) is 16.0. The van der Waals surface area contributed by atoms with E-state index in [2.05, 4.69) is 31.4 Å². The number of aromatic nitrogens is 2. The molecule has 14 nitrogen and oxygen atoms in total. The van der Waals surface area contributed by atoms with Gasteiger partial charge in [0.15, 0.2) is 11.0 Å². The summed E-state index contributed by atoms with van der Waals surface area (Å²) in [6.45, 7) is 7.11. The van der Waals surface area contributed by atoms with Crippen LogP contribution in [0.4, 0.5) is 11.6 Å². The van der Waals surface area contributed by atoms with Gasteiger partial charge in [0.05, 0.1) is 36.3 Å². The van der Waals surface area contributed by atoms with Crippen LogP contribution in [0.1, 0.15) is 49.3 Å². The van der Waals surface area contributed by atoms with Crippen LogP contribution in [-0.4, -0.2) is 75.2 Å². The number of aliphatic imine (C=N–C) groups is 1. The molecule has 8 rings (SSSR count). The molecule has 0 amide bonds. The molecule has 3 atom stereocenters. The zero-order chi connectivity index (χ0) is 37.9. The summed E-state index contributed by atoms with van der Waals surface area (Å²) in [5.74, 6) is 0.803. The van der Waals surface area contributed by atoms with Gasteiger partial charge in [-0.1, -0.05) is 0 Å². The third-order valence-electron chi connectivity index (χ3n) is 10.5. The molecule has 0 spiro atoms. The predicted octanol–water partition coefficient (Wildman–Crippen LogP) is 4.10. The Morgan fingerprint density at radius 1 is 1.13 bits per heavy atom. The highest BCUT2D eigenvalue weighted by atomic mass is 16.7. The smallest absolute Gasteiger partial charge is 0.341 e. The van der Waals surface area contributed by atoms with Gasteiger partial charge in [0.25, 0.3) is 0 Å². The molecule has 6 N–H and O–H groups in total. The summed E-state index contributed by atoms with van der Waals surface area (Å²) in [5, 5.41) is 14.4. The molecule has 1 fully saturated rings. The average molecular weight is 734 g/mol. The number of aryl methyl sites for hydroxylation is 2. The summed E-state index contributed by atoms with van der Waals surface area (Å²) in [4.78, 5) is 42.5. The molecule has 3 unspecified atom stereocenters. The van der Waals surface area contributed by atoms with Crippen LogP contribution in [0.2, 0.25) is 0 Å². The van der Waals surface area contributed by atoms with Crippen molar-refractivity contribution in [3.8, 4) is 22.8 Å². The van der Waals surface area contributed by atoms with Gasteiger partial charge < -0.3 is 45.4 Å². The van der Waals surface area contributed by atoms with Crippen LogP contribution in [0.3, 0.4) is 0 Å². The van der Waals surface area contributed by atoms with E-state index in [1.54, 1.807) is 19.1 Å². The Balaban J connectivity index is 0.970. The summed E-state index contributed by atoms with van der Waals surface area (Å²) < 4.78 is 24.4. The van der Waals surface area contributed by atoms with Crippen molar-refractivity contribution in [2.75, 3.05) is 31.6 Å². The average Bonchev–Trinajstić information content (AvgIpc) is 3.42. The van der Waals surface area contributed by atoms with E-state index in [0.29, 0.717) is 73.3 Å². The normalized spacial score (nSPS) is 22.0. The molecule has 7 heterocycles. The Morgan fingerprint density at radius 3 is 2.74 bits per heavy atom. The van der Waals surface area contributed by atoms with E-state index in [4.69, 9.17) is 30.1 Å². The third-order valence-corrected chi connectivity index (χ3v) is 10.5. The lowest BCUT2D eigenvalue weighted by atomic mass is 9.89. The molecule has 4 aliphatic heterocycles. The summed E-state index contributed by atoms with van der Waals surface area (Å²) >= 11 is 0. The van der Waals surface area contributed by atoms with E-state index < -0.39 is 29.4 Å². The lowest BCUT2D eigenvalue weighted by molar-refractivity contribution is -0.167. The number of benzene rings is 1. The zero-order valence-corrected chi connectivity index (χ0v) is 30.6. The molecule has 4 aromatic rings. The molecule has 1 aromatic carbocycles. The number of phenols is 1. The minimum absolute atomic E-state index is 0.0621. The summed E-state index contributed by atoms with van der Waals surface area (Å²) in [6.07, 6.45) is 6.34. The van der Waals surface area contributed by atoms with Crippen molar-refractivity contribution >= 4 is 34.3 Å². The Kier molecular flexibility index (Phi) is 8.69. The number of esters is 1. The van der Waals surface area contributed by atoms with E-state index in [9.17, 15) is 14.7 Å². The molecule has 4 aliphatic rings. The van der Waals surface area contributed by atoms with Crippen LogP contribution in [0.25, 0.3) is 22.2 Å². The van der Waals surface area contributed by atoms with Crippen LogP contribution < -0.4 is 26.9 Å². The number of allylic oxidation sites excluding steroid dienone is 1. The molecule has 0 bridgehead atoms. The van der Waals surface area contributed by atoms with Gasteiger partial charge in [0.1, 0.15) is 51.6 Å². The van der Waals surface area contributed by atoms with Crippen LogP contribution >= 0.6 is 0 Å². The van der Waals surface area contributed by atoms with Crippen LogP contribution in [0.15, 0.2) is 74.7 Å². The number of anilines is 2. The number of carbonyl (C=O) groups excluding carboxylic acids is 1. The van der Waals surface area contributed by atoms with Crippen molar-refractivity contribution in [3.05, 3.63) is 93.3 Å². The first-order valence-corrected chi connectivity index (χ1v) is 18.1. The SMILES string of the molecule is CNCCC1(C(=O)OC2Cc3c(cc4oc(C)cc(=O)c4c3O)OC2(C)C)OC1CCc1cc(N)nc(-c2cc(N)nc(CN3C=C4C=CN=C4C3)c2)c1. The number of carbonyl (C=O) groups is 1. The minimum atomic E-state index is -1.16. The number of nitrogens with two attached hydrogens (primary N) is 2. The Morgan fingerprint density at radius 2 is 1.94 bits per heavy atom. The molecule has 0 saturated carbocycles. The van der Waals surface area contributed by atoms with E-state index in [1.807, 2.05) is 51.4 Å². The largest absolute Gasteiger partial charge is 0.507 e. The molecule has 0 radical (unpaired) electrons. The van der Waals surface area contributed by atoms with Crippen molar-refractivity contribution in [1.82, 2.24) is 20.2 Å². The highest BCUT2D eigenvalue weighted by Gasteiger charge is 2.63. The van der Waals surface area contributed by atoms with Crippen LogP contribution in [0.5, 0.6) is 11.5 Å². The highest BCUT2D eigenvalue weighted by molar-refractivity contribution is 6.07. The number of nitrogens with one attached hydrogen (secondary N) is 1. The van der Waals surface area contributed by atoms with Gasteiger partial charge in [0, 0.05) is 54.1 Å². The minimum Gasteiger partial charge on any atom is -0.507 e. The standard InChI is InChI=1S/C40H43N7O7/c1-21-11-29(48)36-31(51-21)17-30-26(37(36)49)16-33(39(2,3)53-30)52-38(50)40(8-10-43-4)32(54-40)6-5-22-12-27(46-34(41)13-22)24-14-25(45-35(42)15-24)19-47-18-23-7-9-44-28(23)20-47/h7,9,11-15,17-18,32-33,43,49H,5-6,8,10,16,19-20H2,1-4H3,(H2,41,46)(H2,42,45). The monoisotopic (exact) mass is 733 g/mol. The molecule has 54 heavy (non-hydrogen) atoms. The maximum absolute atomic E-state index is 14.0. The number of pyridine rings is 2. The first-order chi connectivity index (χ1) is 25.8. The van der Waals surface area contributed by atoms with Crippen molar-refractivity contribution in [3.63, 3.8) is 0 Å². The second-order valence-electron chi connectivity index (χ2n) is 14.9. The Labute approximate surface area is 311 Å². The molecule has 1 saturated heterocycles. The van der Waals surface area contributed by atoms with E-state index in [1.165, 1.54) is 6.07 Å². The summed E-state index contributed by atoms with van der Waals surface area (Å²) in [6, 6.07) is 10.5. The van der Waals surface area contributed by atoms with Gasteiger partial charge in [-0.15, -0.1) is 0 Å². The van der Waals surface area contributed by atoms with Crippen molar-refractivity contribution in [1.29, 1.82) is 0 Å². The van der Waals surface area contributed by atoms with E-state index >= 15 is 0 Å². The van der Waals surface area contributed by atoms with Gasteiger partial charge in [-0.2, -0.15) is 0 Å². The lowest BCUT2D eigenvalue weighted by Crippen LogP contribution is -2.50. The van der Waals surface area contributed by atoms with Crippen molar-refractivity contribution in [2.45, 2.75) is 76.4 Å². The third kappa shape index (κ3) is 6.56. The number of nitrogens with zero attached hydrogens (tertiary/aromatic N) is 4. The lowest BCUT2D eigenvalue weighted by Gasteiger charge is -2.39. The highest BCUT2D eigenvalue weighted by Crippen LogP contribution is 2.47. The van der Waals surface area contributed by atoms with Gasteiger partial charge in [-0.05, 0) is 83.1 Å². The number of fused-ring (bicyclic) bond motifs is 3. The number of rotatable bonds is 11. The second-order valence-corrected chi connectivity index (χ2v) is 14.9. The van der Waals surface area contributed by atoms with Gasteiger partial charge in [-0.25, -0.2) is 14.8 Å². The molecular formula is C40H43N7O7. The van der Waals surface area contributed by atoms with Crippen LogP contribution in [-0.2, 0) is 33.7 Å². The number of nitrogen functional groups attached to an aromatic ring is 2. The summed E-state index contributed by atoms with van der Waals surface area (Å²) in [7, 11) is 1.81. The quantitative estimate of drug-likeness (QED) is 0.127. The van der Waals surface area contributed by atoms with Crippen molar-refractivity contribution < 1.29 is 28.5 Å². The van der Waals surface area contributed by atoms with E-state index in [0.717, 1.165) is 28.1 Å². The molecule has 14 heteroatoms. The number of hydrogen-bond donors (Lipinski definition) is 4. The maximum Gasteiger partial charge on any atom is 0.341 e. The number of ether oxygens (including phenoxy) is 3. The fourth-order valence-corrected chi connectivity index (χ4v) is 7.66. The number of hydrogen-bond acceptors (Lipinski definition) is 14. The van der Waals surface area contributed by atoms with Gasteiger partial charge in [-0.3, -0.25) is 9.79 Å². The van der Waals surface area contributed by atoms with Crippen molar-refractivity contribution in [2.24, 2.45) is 4.99 Å². The number of epoxide rings is 1. The first kappa shape index (κ1) is 35.3. The molecule has 0 aliphatic carbocycles. The predicted molar refractivity (Wildman–Crippen MR) is 203 cm³/mol. The molecule has 3 aromatic heterocycles. The second kappa shape index (κ2) is 13.3. The number of aromatic hydroxyl groups is 1. The molecule has 280 valence electrons. The Bertz CT molecular complexity index is 2350. The fraction of sp³-hybridized carbons (Fsp3) is 0.375.